The third-order valence-electron chi connectivity index (χ3n) is 3.95. The van der Waals surface area contributed by atoms with Gasteiger partial charge in [0.05, 0.1) is 16.1 Å². The van der Waals surface area contributed by atoms with Crippen molar-refractivity contribution in [2.24, 2.45) is 5.73 Å². The van der Waals surface area contributed by atoms with Gasteiger partial charge in [-0.2, -0.15) is 0 Å². The molecule has 6 heteroatoms. The molecule has 0 unspecified atom stereocenters. The Kier molecular flexibility index (Phi) is 5.43. The van der Waals surface area contributed by atoms with E-state index in [0.29, 0.717) is 12.0 Å². The van der Waals surface area contributed by atoms with Crippen molar-refractivity contribution in [1.29, 1.82) is 0 Å². The van der Waals surface area contributed by atoms with Gasteiger partial charge in [-0.15, -0.1) is 11.3 Å². The molecule has 0 fully saturated rings. The number of rotatable bonds is 6. The van der Waals surface area contributed by atoms with Gasteiger partial charge in [0, 0.05) is 17.5 Å². The summed E-state index contributed by atoms with van der Waals surface area (Å²) in [6.45, 7) is 2.03. The standard InChI is InChI=1S/C20H19N3O2S/c1-13-7-10-18(26-13)16-9-8-15(12-22-16)20(25)23-17(19(21)24)11-14-5-3-2-4-6-14/h2-10,12,17H,11H2,1H3,(H2,21,24)(H,23,25)/t17-/m0/s1. The van der Waals surface area contributed by atoms with Crippen molar-refractivity contribution in [3.63, 3.8) is 0 Å². The highest BCUT2D eigenvalue weighted by Crippen LogP contribution is 2.25. The predicted octanol–water partition coefficient (Wildman–Crippen LogP) is 2.94. The van der Waals surface area contributed by atoms with Gasteiger partial charge in [0.25, 0.3) is 5.91 Å². The first-order valence-corrected chi connectivity index (χ1v) is 9.01. The molecule has 2 heterocycles. The molecule has 1 atom stereocenters. The molecule has 132 valence electrons. The maximum Gasteiger partial charge on any atom is 0.253 e. The van der Waals surface area contributed by atoms with Gasteiger partial charge in [0.1, 0.15) is 6.04 Å². The molecule has 0 spiro atoms. The van der Waals surface area contributed by atoms with Gasteiger partial charge in [0.2, 0.25) is 5.91 Å². The molecule has 5 nitrogen and oxygen atoms in total. The average Bonchev–Trinajstić information content (AvgIpc) is 3.08. The van der Waals surface area contributed by atoms with Crippen LogP contribution in [0.2, 0.25) is 0 Å². The van der Waals surface area contributed by atoms with Crippen LogP contribution >= 0.6 is 11.3 Å². The summed E-state index contributed by atoms with van der Waals surface area (Å²) in [5.41, 5.74) is 7.58. The number of carbonyl (C=O) groups excluding carboxylic acids is 2. The number of aryl methyl sites for hydroxylation is 1. The van der Waals surface area contributed by atoms with Crippen molar-refractivity contribution in [3.8, 4) is 10.6 Å². The molecule has 3 rings (SSSR count). The fraction of sp³-hybridized carbons (Fsp3) is 0.150. The fourth-order valence-corrected chi connectivity index (χ4v) is 3.40. The van der Waals surface area contributed by atoms with Crippen LogP contribution in [0.5, 0.6) is 0 Å². The maximum absolute atomic E-state index is 12.4. The van der Waals surface area contributed by atoms with Gasteiger partial charge in [0.15, 0.2) is 0 Å². The number of thiophene rings is 1. The number of pyridine rings is 1. The van der Waals surface area contributed by atoms with Crippen molar-refractivity contribution < 1.29 is 9.59 Å². The zero-order chi connectivity index (χ0) is 18.5. The summed E-state index contributed by atoms with van der Waals surface area (Å²) in [6, 6.07) is 16.2. The predicted molar refractivity (Wildman–Crippen MR) is 103 cm³/mol. The van der Waals surface area contributed by atoms with Crippen molar-refractivity contribution in [2.75, 3.05) is 0 Å². The lowest BCUT2D eigenvalue weighted by Crippen LogP contribution is -2.45. The first-order valence-electron chi connectivity index (χ1n) is 8.20. The van der Waals surface area contributed by atoms with Crippen LogP contribution in [0.25, 0.3) is 10.6 Å². The molecule has 0 saturated carbocycles. The fourth-order valence-electron chi connectivity index (χ4n) is 2.56. The summed E-state index contributed by atoms with van der Waals surface area (Å²) in [6.07, 6.45) is 1.86. The number of nitrogens with zero attached hydrogens (tertiary/aromatic N) is 1. The Balaban J connectivity index is 1.70. The third kappa shape index (κ3) is 4.34. The van der Waals surface area contributed by atoms with Crippen molar-refractivity contribution >= 4 is 23.2 Å². The minimum Gasteiger partial charge on any atom is -0.368 e. The molecule has 0 saturated heterocycles. The van der Waals surface area contributed by atoms with Crippen molar-refractivity contribution in [3.05, 3.63) is 76.8 Å². The molecule has 1 aromatic carbocycles. The Morgan fingerprint density at radius 1 is 1.12 bits per heavy atom. The molecular formula is C20H19N3O2S. The highest BCUT2D eigenvalue weighted by atomic mass is 32.1. The lowest BCUT2D eigenvalue weighted by molar-refractivity contribution is -0.119. The Bertz CT molecular complexity index is 904. The maximum atomic E-state index is 12.4. The third-order valence-corrected chi connectivity index (χ3v) is 4.97. The lowest BCUT2D eigenvalue weighted by Gasteiger charge is -2.15. The van der Waals surface area contributed by atoms with Crippen LogP contribution in [0, 0.1) is 6.92 Å². The summed E-state index contributed by atoms with van der Waals surface area (Å²) >= 11 is 1.65. The minimum atomic E-state index is -0.774. The van der Waals surface area contributed by atoms with Gasteiger partial charge in [-0.05, 0) is 36.8 Å². The van der Waals surface area contributed by atoms with Gasteiger partial charge in [-0.3, -0.25) is 14.6 Å². The number of primary amides is 1. The summed E-state index contributed by atoms with van der Waals surface area (Å²) < 4.78 is 0. The van der Waals surface area contributed by atoms with E-state index in [1.54, 1.807) is 23.5 Å². The smallest absolute Gasteiger partial charge is 0.253 e. The number of hydrogen-bond donors (Lipinski definition) is 2. The van der Waals surface area contributed by atoms with E-state index in [-0.39, 0.29) is 5.91 Å². The zero-order valence-corrected chi connectivity index (χ0v) is 15.1. The first-order chi connectivity index (χ1) is 12.5. The quantitative estimate of drug-likeness (QED) is 0.704. The molecule has 26 heavy (non-hydrogen) atoms. The molecule has 0 bridgehead atoms. The zero-order valence-electron chi connectivity index (χ0n) is 14.3. The van der Waals surface area contributed by atoms with Gasteiger partial charge in [-0.1, -0.05) is 30.3 Å². The summed E-state index contributed by atoms with van der Waals surface area (Å²) in [4.78, 5) is 30.8. The molecule has 0 aliphatic heterocycles. The Morgan fingerprint density at radius 2 is 1.88 bits per heavy atom. The number of aromatic nitrogens is 1. The van der Waals surface area contributed by atoms with Crippen LogP contribution in [0.15, 0.2) is 60.8 Å². The molecule has 0 radical (unpaired) electrons. The number of nitrogens with two attached hydrogens (primary N) is 1. The number of amides is 2. The van der Waals surface area contributed by atoms with Gasteiger partial charge >= 0.3 is 0 Å². The topological polar surface area (TPSA) is 85.1 Å². The highest BCUT2D eigenvalue weighted by molar-refractivity contribution is 7.15. The minimum absolute atomic E-state index is 0.349. The van der Waals surface area contributed by atoms with Crippen LogP contribution < -0.4 is 11.1 Å². The highest BCUT2D eigenvalue weighted by Gasteiger charge is 2.19. The van der Waals surface area contributed by atoms with Crippen molar-refractivity contribution in [1.82, 2.24) is 10.3 Å². The van der Waals surface area contributed by atoms with E-state index in [2.05, 4.69) is 10.3 Å². The second kappa shape index (κ2) is 7.93. The molecule has 0 aliphatic rings. The molecular weight excluding hydrogens is 346 g/mol. The van der Waals surface area contributed by atoms with Crippen LogP contribution in [0.3, 0.4) is 0 Å². The van der Waals surface area contributed by atoms with Crippen LogP contribution in [-0.4, -0.2) is 22.8 Å². The number of carbonyl (C=O) groups is 2. The van der Waals surface area contributed by atoms with E-state index < -0.39 is 11.9 Å². The van der Waals surface area contributed by atoms with Gasteiger partial charge in [-0.25, -0.2) is 0 Å². The van der Waals surface area contributed by atoms with E-state index in [9.17, 15) is 9.59 Å². The summed E-state index contributed by atoms with van der Waals surface area (Å²) in [5.74, 6) is -0.938. The second-order valence-electron chi connectivity index (χ2n) is 5.96. The monoisotopic (exact) mass is 365 g/mol. The number of benzene rings is 1. The lowest BCUT2D eigenvalue weighted by atomic mass is 10.1. The molecule has 3 aromatic rings. The van der Waals surface area contributed by atoms with Gasteiger partial charge < -0.3 is 11.1 Å². The Morgan fingerprint density at radius 3 is 2.46 bits per heavy atom. The first kappa shape index (κ1) is 17.8. The summed E-state index contributed by atoms with van der Waals surface area (Å²) in [7, 11) is 0. The normalized spacial score (nSPS) is 11.7. The van der Waals surface area contributed by atoms with E-state index in [1.807, 2.05) is 49.4 Å². The molecule has 0 aliphatic carbocycles. The van der Waals surface area contributed by atoms with E-state index in [4.69, 9.17) is 5.73 Å². The Hall–Kier alpha value is -2.99. The Labute approximate surface area is 155 Å². The van der Waals surface area contributed by atoms with E-state index in [0.717, 1.165) is 16.1 Å². The summed E-state index contributed by atoms with van der Waals surface area (Å²) in [5, 5.41) is 2.69. The van der Waals surface area contributed by atoms with E-state index >= 15 is 0 Å². The van der Waals surface area contributed by atoms with Crippen LogP contribution in [0.4, 0.5) is 0 Å². The molecule has 2 amide bonds. The van der Waals surface area contributed by atoms with Crippen LogP contribution in [0.1, 0.15) is 20.8 Å². The SMILES string of the molecule is Cc1ccc(-c2ccc(C(=O)N[C@@H](Cc3ccccc3)C(N)=O)cn2)s1. The van der Waals surface area contributed by atoms with Crippen molar-refractivity contribution in [2.45, 2.75) is 19.4 Å². The molecule has 2 aromatic heterocycles. The van der Waals surface area contributed by atoms with E-state index in [1.165, 1.54) is 11.1 Å². The molecule has 3 N–H and O–H groups in total. The number of hydrogen-bond acceptors (Lipinski definition) is 4. The van der Waals surface area contributed by atoms with Crippen LogP contribution in [-0.2, 0) is 11.2 Å². The number of nitrogens with one attached hydrogen (secondary N) is 1. The average molecular weight is 365 g/mol. The second-order valence-corrected chi connectivity index (χ2v) is 7.25. The largest absolute Gasteiger partial charge is 0.368 e.